The van der Waals surface area contributed by atoms with Crippen LogP contribution in [0.3, 0.4) is 0 Å². The predicted molar refractivity (Wildman–Crippen MR) is 53.8 cm³/mol. The summed E-state index contributed by atoms with van der Waals surface area (Å²) >= 11 is 5.66. The first-order valence-corrected chi connectivity index (χ1v) is 7.94. The van der Waals surface area contributed by atoms with E-state index >= 15 is 0 Å². The van der Waals surface area contributed by atoms with E-state index < -0.39 is 8.32 Å². The Labute approximate surface area is 80.4 Å². The molecule has 12 heavy (non-hydrogen) atoms. The van der Waals surface area contributed by atoms with Crippen molar-refractivity contribution in [2.24, 2.45) is 0 Å². The lowest BCUT2D eigenvalue weighted by molar-refractivity contribution is -0.135. The topological polar surface area (TPSA) is 26.3 Å². The zero-order valence-corrected chi connectivity index (χ0v) is 9.78. The molecule has 0 saturated carbocycles. The highest BCUT2D eigenvalue weighted by molar-refractivity contribution is 6.78. The van der Waals surface area contributed by atoms with Crippen LogP contribution in [0.25, 0.3) is 0 Å². The van der Waals surface area contributed by atoms with E-state index in [0.717, 1.165) is 12.8 Å². The minimum atomic E-state index is -1.87. The van der Waals surface area contributed by atoms with Gasteiger partial charge in [-0.15, -0.1) is 11.6 Å². The Morgan fingerprint density at radius 2 is 2.08 bits per heavy atom. The maximum atomic E-state index is 11.1. The predicted octanol–water partition coefficient (Wildman–Crippen LogP) is 2.70. The summed E-state index contributed by atoms with van der Waals surface area (Å²) in [7, 11) is -1.87. The molecule has 0 amide bonds. The smallest absolute Gasteiger partial charge is 0.292 e. The summed E-state index contributed by atoms with van der Waals surface area (Å²) in [5.41, 5.74) is 0.477. The quantitative estimate of drug-likeness (QED) is 0.513. The first-order valence-electron chi connectivity index (χ1n) is 4.29. The van der Waals surface area contributed by atoms with Gasteiger partial charge in [-0.1, -0.05) is 13.3 Å². The first kappa shape index (κ1) is 12.0. The third-order valence-electron chi connectivity index (χ3n) is 1.45. The largest absolute Gasteiger partial charge is 0.518 e. The van der Waals surface area contributed by atoms with Crippen LogP contribution >= 0.6 is 11.6 Å². The van der Waals surface area contributed by atoms with Gasteiger partial charge in [0.2, 0.25) is 0 Å². The van der Waals surface area contributed by atoms with Crippen molar-refractivity contribution in [2.45, 2.75) is 39.3 Å². The summed E-state index contributed by atoms with van der Waals surface area (Å²) in [5, 5.41) is 0. The molecule has 0 radical (unpaired) electrons. The molecule has 0 unspecified atom stereocenters. The van der Waals surface area contributed by atoms with Gasteiger partial charge in [-0.2, -0.15) is 0 Å². The van der Waals surface area contributed by atoms with Crippen LogP contribution in [0.5, 0.6) is 0 Å². The van der Waals surface area contributed by atoms with Crippen LogP contribution in [0.1, 0.15) is 26.2 Å². The molecular formula is C8H17ClO2Si. The fourth-order valence-electron chi connectivity index (χ4n) is 0.708. The van der Waals surface area contributed by atoms with Crippen molar-refractivity contribution in [2.75, 3.05) is 5.50 Å². The molecule has 0 spiro atoms. The van der Waals surface area contributed by atoms with Crippen LogP contribution in [-0.4, -0.2) is 19.8 Å². The van der Waals surface area contributed by atoms with Gasteiger partial charge in [0.1, 0.15) is 0 Å². The van der Waals surface area contributed by atoms with Gasteiger partial charge < -0.3 is 4.43 Å². The molecule has 0 fully saturated rings. The molecule has 0 aliphatic rings. The highest BCUT2D eigenvalue weighted by Crippen LogP contribution is 2.09. The van der Waals surface area contributed by atoms with E-state index in [2.05, 4.69) is 6.92 Å². The monoisotopic (exact) mass is 208 g/mol. The maximum Gasteiger partial charge on any atom is 0.292 e. The van der Waals surface area contributed by atoms with Gasteiger partial charge in [-0.25, -0.2) is 0 Å². The summed E-state index contributed by atoms with van der Waals surface area (Å²) in [4.78, 5) is 11.1. The van der Waals surface area contributed by atoms with Crippen LogP contribution in [0.2, 0.25) is 13.1 Å². The van der Waals surface area contributed by atoms with Crippen LogP contribution in [-0.2, 0) is 9.22 Å². The van der Waals surface area contributed by atoms with Crippen molar-refractivity contribution in [3.05, 3.63) is 0 Å². The molecule has 0 rings (SSSR count). The SMILES string of the molecule is CCCCC(=O)O[Si](C)(C)CCl. The number of hydrogen-bond donors (Lipinski definition) is 0. The van der Waals surface area contributed by atoms with Crippen LogP contribution in [0.15, 0.2) is 0 Å². The molecule has 0 bridgehead atoms. The third kappa shape index (κ3) is 5.60. The van der Waals surface area contributed by atoms with E-state index in [1.54, 1.807) is 0 Å². The summed E-state index contributed by atoms with van der Waals surface area (Å²) in [6.07, 6.45) is 2.47. The standard InChI is InChI=1S/C8H17ClO2Si/c1-4-5-6-8(10)11-12(2,3)7-9/h4-7H2,1-3H3. The van der Waals surface area contributed by atoms with Gasteiger partial charge in [-0.05, 0) is 19.5 Å². The summed E-state index contributed by atoms with van der Waals surface area (Å²) in [5.74, 6) is -0.0887. The molecule has 0 aromatic rings. The van der Waals surface area contributed by atoms with E-state index in [1.807, 2.05) is 13.1 Å². The Balaban J connectivity index is 3.68. The number of unbranched alkanes of at least 4 members (excludes halogenated alkanes) is 1. The second kappa shape index (κ2) is 5.59. The first-order chi connectivity index (χ1) is 5.52. The average Bonchev–Trinajstić information content (AvgIpc) is 2.00. The molecule has 0 saturated heterocycles. The molecule has 0 aliphatic carbocycles. The molecule has 4 heteroatoms. The van der Waals surface area contributed by atoms with Crippen molar-refractivity contribution >= 4 is 25.9 Å². The Morgan fingerprint density at radius 3 is 2.50 bits per heavy atom. The molecular weight excluding hydrogens is 192 g/mol. The molecule has 0 aromatic carbocycles. The van der Waals surface area contributed by atoms with Crippen LogP contribution < -0.4 is 0 Å². The van der Waals surface area contributed by atoms with Crippen LogP contribution in [0.4, 0.5) is 0 Å². The Hall–Kier alpha value is -0.0231. The fourth-order valence-corrected chi connectivity index (χ4v) is 1.64. The number of rotatable bonds is 5. The fraction of sp³-hybridized carbons (Fsp3) is 0.875. The Morgan fingerprint density at radius 1 is 1.50 bits per heavy atom. The second-order valence-corrected chi connectivity index (χ2v) is 8.26. The van der Waals surface area contributed by atoms with Gasteiger partial charge in [-0.3, -0.25) is 4.79 Å². The van der Waals surface area contributed by atoms with E-state index in [-0.39, 0.29) is 5.97 Å². The van der Waals surface area contributed by atoms with Crippen molar-refractivity contribution in [3.8, 4) is 0 Å². The summed E-state index contributed by atoms with van der Waals surface area (Å²) in [6, 6.07) is 0. The molecule has 0 aliphatic heterocycles. The van der Waals surface area contributed by atoms with E-state index in [1.165, 1.54) is 0 Å². The number of halogens is 1. The Kier molecular flexibility index (Phi) is 5.58. The molecule has 0 aromatic heterocycles. The number of carbonyl (C=O) groups excluding carboxylic acids is 1. The van der Waals surface area contributed by atoms with Crippen molar-refractivity contribution in [1.82, 2.24) is 0 Å². The molecule has 72 valence electrons. The van der Waals surface area contributed by atoms with E-state index in [4.69, 9.17) is 16.0 Å². The van der Waals surface area contributed by atoms with Gasteiger partial charge >= 0.3 is 0 Å². The molecule has 2 nitrogen and oxygen atoms in total. The van der Waals surface area contributed by atoms with E-state index in [0.29, 0.717) is 11.9 Å². The Bertz CT molecular complexity index is 148. The lowest BCUT2D eigenvalue weighted by atomic mass is 10.3. The maximum absolute atomic E-state index is 11.1. The van der Waals surface area contributed by atoms with Gasteiger partial charge in [0.05, 0.1) is 5.50 Å². The molecule has 0 atom stereocenters. The van der Waals surface area contributed by atoms with E-state index in [9.17, 15) is 4.79 Å². The van der Waals surface area contributed by atoms with Crippen molar-refractivity contribution < 1.29 is 9.22 Å². The molecule has 0 heterocycles. The van der Waals surface area contributed by atoms with Gasteiger partial charge in [0, 0.05) is 6.42 Å². The summed E-state index contributed by atoms with van der Waals surface area (Å²) < 4.78 is 5.26. The zero-order chi connectivity index (χ0) is 9.61. The van der Waals surface area contributed by atoms with Gasteiger partial charge in [0.15, 0.2) is 0 Å². The number of alkyl halides is 1. The lowest BCUT2D eigenvalue weighted by Crippen LogP contribution is -2.35. The highest BCUT2D eigenvalue weighted by atomic mass is 35.5. The molecule has 0 N–H and O–H groups in total. The normalized spacial score (nSPS) is 11.3. The third-order valence-corrected chi connectivity index (χ3v) is 4.80. The van der Waals surface area contributed by atoms with Crippen LogP contribution in [0, 0.1) is 0 Å². The second-order valence-electron chi connectivity index (χ2n) is 3.47. The average molecular weight is 209 g/mol. The highest BCUT2D eigenvalue weighted by Gasteiger charge is 2.25. The number of hydrogen-bond acceptors (Lipinski definition) is 2. The zero-order valence-electron chi connectivity index (χ0n) is 8.02. The number of carbonyl (C=O) groups is 1. The van der Waals surface area contributed by atoms with Crippen molar-refractivity contribution in [3.63, 3.8) is 0 Å². The minimum absolute atomic E-state index is 0.0887. The minimum Gasteiger partial charge on any atom is -0.518 e. The van der Waals surface area contributed by atoms with Gasteiger partial charge in [0.25, 0.3) is 14.3 Å². The summed E-state index contributed by atoms with van der Waals surface area (Å²) in [6.45, 7) is 5.95. The van der Waals surface area contributed by atoms with Crippen molar-refractivity contribution in [1.29, 1.82) is 0 Å². The lowest BCUT2D eigenvalue weighted by Gasteiger charge is -2.19.